The molecule has 0 saturated heterocycles. The molecule has 0 aliphatic carbocycles. The predicted octanol–water partition coefficient (Wildman–Crippen LogP) is 2.18. The molecule has 78 valence electrons. The van der Waals surface area contributed by atoms with Crippen molar-refractivity contribution >= 4 is 10.9 Å². The van der Waals surface area contributed by atoms with E-state index in [0.717, 1.165) is 16.5 Å². The number of rotatable bonds is 1. The number of benzene rings is 1. The molecule has 4 heteroatoms. The third-order valence-electron chi connectivity index (χ3n) is 2.46. The molecule has 2 aromatic heterocycles. The van der Waals surface area contributed by atoms with Crippen LogP contribution in [0.4, 0.5) is 0 Å². The van der Waals surface area contributed by atoms with E-state index in [4.69, 9.17) is 4.42 Å². The van der Waals surface area contributed by atoms with E-state index in [1.165, 1.54) is 6.26 Å². The summed E-state index contributed by atoms with van der Waals surface area (Å²) in [6, 6.07) is 9.60. The summed E-state index contributed by atoms with van der Waals surface area (Å²) in [5.74, 6) is -0.448. The minimum Gasteiger partial charge on any atom is -0.416 e. The van der Waals surface area contributed by atoms with E-state index in [-0.39, 0.29) is 0 Å². The molecule has 0 unspecified atom stereocenters. The molecule has 0 saturated carbocycles. The molecule has 0 atom stereocenters. The minimum atomic E-state index is -0.448. The molecule has 0 spiro atoms. The lowest BCUT2D eigenvalue weighted by Crippen LogP contribution is -1.95. The number of hydrogen-bond acceptors (Lipinski definition) is 3. The highest BCUT2D eigenvalue weighted by Crippen LogP contribution is 2.24. The number of para-hydroxylation sites is 1. The van der Waals surface area contributed by atoms with Gasteiger partial charge in [-0.3, -0.25) is 9.97 Å². The molecule has 0 bridgehead atoms. The summed E-state index contributed by atoms with van der Waals surface area (Å²) in [5.41, 5.74) is 2.47. The van der Waals surface area contributed by atoms with Crippen LogP contribution in [0.1, 0.15) is 0 Å². The standard InChI is InChI=1S/C12H8N2O2/c15-12-14-11(7-16-12)9-5-6-13-10-4-2-1-3-8(9)10/h1-7H,(H,14,15). The third-order valence-corrected chi connectivity index (χ3v) is 2.46. The van der Waals surface area contributed by atoms with Crippen LogP contribution in [-0.2, 0) is 0 Å². The summed E-state index contributed by atoms with van der Waals surface area (Å²) in [6.45, 7) is 0. The van der Waals surface area contributed by atoms with Gasteiger partial charge in [-0.25, -0.2) is 4.79 Å². The molecule has 4 nitrogen and oxygen atoms in total. The summed E-state index contributed by atoms with van der Waals surface area (Å²) in [7, 11) is 0. The Morgan fingerprint density at radius 2 is 2.06 bits per heavy atom. The normalized spacial score (nSPS) is 10.8. The van der Waals surface area contributed by atoms with E-state index in [1.807, 2.05) is 30.3 Å². The number of aromatic amines is 1. The molecule has 0 fully saturated rings. The van der Waals surface area contributed by atoms with Crippen LogP contribution in [0.15, 0.2) is 52.0 Å². The minimum absolute atomic E-state index is 0.448. The van der Waals surface area contributed by atoms with E-state index in [2.05, 4.69) is 9.97 Å². The number of hydrogen-bond donors (Lipinski definition) is 1. The lowest BCUT2D eigenvalue weighted by atomic mass is 10.1. The highest BCUT2D eigenvalue weighted by atomic mass is 16.4. The number of H-pyrrole nitrogens is 1. The molecule has 0 aliphatic rings. The highest BCUT2D eigenvalue weighted by molar-refractivity contribution is 5.92. The summed E-state index contributed by atoms with van der Waals surface area (Å²) >= 11 is 0. The van der Waals surface area contributed by atoms with Gasteiger partial charge in [-0.1, -0.05) is 18.2 Å². The highest BCUT2D eigenvalue weighted by Gasteiger charge is 2.06. The molecular formula is C12H8N2O2. The number of fused-ring (bicyclic) bond motifs is 1. The molecule has 0 amide bonds. The van der Waals surface area contributed by atoms with Gasteiger partial charge in [0, 0.05) is 17.1 Å². The van der Waals surface area contributed by atoms with Crippen molar-refractivity contribution in [3.63, 3.8) is 0 Å². The van der Waals surface area contributed by atoms with Crippen molar-refractivity contribution in [2.45, 2.75) is 0 Å². The van der Waals surface area contributed by atoms with Crippen LogP contribution in [0.25, 0.3) is 22.2 Å². The van der Waals surface area contributed by atoms with E-state index in [0.29, 0.717) is 5.69 Å². The lowest BCUT2D eigenvalue weighted by Gasteiger charge is -2.01. The molecule has 2 heterocycles. The average molecular weight is 212 g/mol. The van der Waals surface area contributed by atoms with Gasteiger partial charge in [0.2, 0.25) is 0 Å². The first-order valence-corrected chi connectivity index (χ1v) is 4.86. The molecule has 3 rings (SSSR count). The zero-order valence-corrected chi connectivity index (χ0v) is 8.31. The fourth-order valence-electron chi connectivity index (χ4n) is 1.74. The first-order valence-electron chi connectivity index (χ1n) is 4.86. The number of oxazole rings is 1. The number of nitrogens with one attached hydrogen (secondary N) is 1. The van der Waals surface area contributed by atoms with E-state index >= 15 is 0 Å². The summed E-state index contributed by atoms with van der Waals surface area (Å²) in [6.07, 6.45) is 3.13. The first kappa shape index (κ1) is 8.91. The van der Waals surface area contributed by atoms with Crippen molar-refractivity contribution in [3.05, 3.63) is 53.3 Å². The van der Waals surface area contributed by atoms with Crippen LogP contribution in [0.2, 0.25) is 0 Å². The van der Waals surface area contributed by atoms with Gasteiger partial charge in [0.15, 0.2) is 0 Å². The zero-order valence-electron chi connectivity index (χ0n) is 8.31. The van der Waals surface area contributed by atoms with Crippen LogP contribution < -0.4 is 5.76 Å². The van der Waals surface area contributed by atoms with E-state index < -0.39 is 5.76 Å². The summed E-state index contributed by atoms with van der Waals surface area (Å²) in [5, 5.41) is 0.988. The van der Waals surface area contributed by atoms with Crippen LogP contribution in [-0.4, -0.2) is 9.97 Å². The maximum absolute atomic E-state index is 11.0. The average Bonchev–Trinajstić information content (AvgIpc) is 2.75. The van der Waals surface area contributed by atoms with Gasteiger partial charge in [0.05, 0.1) is 11.2 Å². The SMILES string of the molecule is O=c1[nH]c(-c2ccnc3ccccc23)co1. The van der Waals surface area contributed by atoms with Crippen LogP contribution in [0.3, 0.4) is 0 Å². The van der Waals surface area contributed by atoms with Crippen LogP contribution in [0.5, 0.6) is 0 Å². The van der Waals surface area contributed by atoms with Crippen molar-refractivity contribution in [1.29, 1.82) is 0 Å². The van der Waals surface area contributed by atoms with Gasteiger partial charge in [-0.05, 0) is 12.1 Å². The van der Waals surface area contributed by atoms with Gasteiger partial charge in [0.1, 0.15) is 6.26 Å². The Bertz CT molecular complexity index is 692. The van der Waals surface area contributed by atoms with Crippen molar-refractivity contribution in [3.8, 4) is 11.3 Å². The fraction of sp³-hybridized carbons (Fsp3) is 0. The molecule has 3 aromatic rings. The third kappa shape index (κ3) is 1.32. The predicted molar refractivity (Wildman–Crippen MR) is 60.1 cm³/mol. The Kier molecular flexibility index (Phi) is 1.86. The Labute approximate surface area is 90.6 Å². The maximum atomic E-state index is 11.0. The number of pyridine rings is 1. The van der Waals surface area contributed by atoms with Gasteiger partial charge in [-0.15, -0.1) is 0 Å². The number of aromatic nitrogens is 2. The fourth-order valence-corrected chi connectivity index (χ4v) is 1.74. The number of nitrogens with zero attached hydrogens (tertiary/aromatic N) is 1. The summed E-state index contributed by atoms with van der Waals surface area (Å²) in [4.78, 5) is 17.8. The smallest absolute Gasteiger partial charge is 0.416 e. The zero-order chi connectivity index (χ0) is 11.0. The molecule has 1 aromatic carbocycles. The lowest BCUT2D eigenvalue weighted by molar-refractivity contribution is 0.515. The Morgan fingerprint density at radius 3 is 2.88 bits per heavy atom. The van der Waals surface area contributed by atoms with Crippen molar-refractivity contribution < 1.29 is 4.42 Å². The first-order chi connectivity index (χ1) is 7.84. The molecule has 16 heavy (non-hydrogen) atoms. The monoisotopic (exact) mass is 212 g/mol. The van der Waals surface area contributed by atoms with Gasteiger partial charge in [-0.2, -0.15) is 0 Å². The second-order valence-corrected chi connectivity index (χ2v) is 3.44. The van der Waals surface area contributed by atoms with Gasteiger partial charge >= 0.3 is 5.76 Å². The topological polar surface area (TPSA) is 58.9 Å². The van der Waals surface area contributed by atoms with E-state index in [1.54, 1.807) is 6.20 Å². The Hall–Kier alpha value is -2.36. The van der Waals surface area contributed by atoms with Crippen molar-refractivity contribution in [2.24, 2.45) is 0 Å². The maximum Gasteiger partial charge on any atom is 0.416 e. The van der Waals surface area contributed by atoms with Crippen molar-refractivity contribution in [1.82, 2.24) is 9.97 Å². The van der Waals surface area contributed by atoms with Crippen LogP contribution >= 0.6 is 0 Å². The van der Waals surface area contributed by atoms with Gasteiger partial charge < -0.3 is 4.42 Å². The Morgan fingerprint density at radius 1 is 1.19 bits per heavy atom. The van der Waals surface area contributed by atoms with E-state index in [9.17, 15) is 4.79 Å². The largest absolute Gasteiger partial charge is 0.416 e. The molecule has 1 N–H and O–H groups in total. The molecular weight excluding hydrogens is 204 g/mol. The Balaban J connectivity index is 2.35. The second-order valence-electron chi connectivity index (χ2n) is 3.44. The van der Waals surface area contributed by atoms with Crippen molar-refractivity contribution in [2.75, 3.05) is 0 Å². The summed E-state index contributed by atoms with van der Waals surface area (Å²) < 4.78 is 4.74. The quantitative estimate of drug-likeness (QED) is 0.672. The van der Waals surface area contributed by atoms with Crippen LogP contribution in [0, 0.1) is 0 Å². The van der Waals surface area contributed by atoms with Gasteiger partial charge in [0.25, 0.3) is 0 Å². The second kappa shape index (κ2) is 3.34. The molecule has 0 aliphatic heterocycles. The molecule has 0 radical (unpaired) electrons.